The zero-order chi connectivity index (χ0) is 22.2. The van der Waals surface area contributed by atoms with Crippen LogP contribution in [-0.4, -0.2) is 36.5 Å². The molecule has 2 aromatic rings. The lowest BCUT2D eigenvalue weighted by molar-refractivity contribution is -0.128. The SMILES string of the molecule is CN=C(NCc1ccccc1CN1CCCC1=O)NCc1ccc(C)cc1OC(C)C. The van der Waals surface area contributed by atoms with Crippen molar-refractivity contribution in [2.24, 2.45) is 4.99 Å². The van der Waals surface area contributed by atoms with E-state index >= 15 is 0 Å². The van der Waals surface area contributed by atoms with Gasteiger partial charge in [0.25, 0.3) is 0 Å². The summed E-state index contributed by atoms with van der Waals surface area (Å²) in [7, 11) is 1.77. The third kappa shape index (κ3) is 6.48. The van der Waals surface area contributed by atoms with Crippen molar-refractivity contribution in [1.82, 2.24) is 15.5 Å². The van der Waals surface area contributed by atoms with Gasteiger partial charge in [0.1, 0.15) is 5.75 Å². The Bertz CT molecular complexity index is 923. The van der Waals surface area contributed by atoms with E-state index in [1.807, 2.05) is 30.9 Å². The molecule has 0 radical (unpaired) electrons. The quantitative estimate of drug-likeness (QED) is 0.502. The molecule has 166 valence electrons. The Hall–Kier alpha value is -3.02. The number of carbonyl (C=O) groups excluding carboxylic acids is 1. The molecule has 3 rings (SSSR count). The van der Waals surface area contributed by atoms with Crippen LogP contribution in [0.15, 0.2) is 47.5 Å². The number of hydrogen-bond acceptors (Lipinski definition) is 3. The fraction of sp³-hybridized carbons (Fsp3) is 0.440. The second kappa shape index (κ2) is 10.8. The van der Waals surface area contributed by atoms with Crippen molar-refractivity contribution in [3.05, 3.63) is 64.7 Å². The zero-order valence-electron chi connectivity index (χ0n) is 19.1. The maximum absolute atomic E-state index is 12.0. The molecule has 6 nitrogen and oxygen atoms in total. The maximum Gasteiger partial charge on any atom is 0.222 e. The van der Waals surface area contributed by atoms with Crippen LogP contribution in [-0.2, 0) is 24.4 Å². The number of likely N-dealkylation sites (tertiary alicyclic amines) is 1. The Morgan fingerprint density at radius 3 is 2.45 bits per heavy atom. The minimum absolute atomic E-state index is 0.122. The molecule has 0 aliphatic carbocycles. The van der Waals surface area contributed by atoms with Gasteiger partial charge in [-0.2, -0.15) is 0 Å². The molecule has 0 spiro atoms. The van der Waals surface area contributed by atoms with E-state index in [1.165, 1.54) is 16.7 Å². The molecule has 1 amide bonds. The fourth-order valence-corrected chi connectivity index (χ4v) is 3.71. The number of rotatable bonds is 8. The third-order valence-corrected chi connectivity index (χ3v) is 5.35. The van der Waals surface area contributed by atoms with Crippen molar-refractivity contribution in [2.45, 2.75) is 59.4 Å². The first kappa shape index (κ1) is 22.7. The number of hydrogen-bond donors (Lipinski definition) is 2. The van der Waals surface area contributed by atoms with E-state index in [0.29, 0.717) is 26.1 Å². The average molecular weight is 423 g/mol. The number of aryl methyl sites for hydroxylation is 1. The minimum atomic E-state index is 0.122. The molecule has 1 saturated heterocycles. The van der Waals surface area contributed by atoms with E-state index in [9.17, 15) is 4.79 Å². The van der Waals surface area contributed by atoms with E-state index in [0.717, 1.165) is 30.2 Å². The summed E-state index contributed by atoms with van der Waals surface area (Å²) in [6.45, 7) is 8.91. The lowest BCUT2D eigenvalue weighted by Crippen LogP contribution is -2.36. The molecule has 0 unspecified atom stereocenters. The van der Waals surface area contributed by atoms with Crippen molar-refractivity contribution in [3.8, 4) is 5.75 Å². The zero-order valence-corrected chi connectivity index (χ0v) is 19.1. The van der Waals surface area contributed by atoms with E-state index in [-0.39, 0.29) is 12.0 Å². The van der Waals surface area contributed by atoms with Gasteiger partial charge in [0.2, 0.25) is 5.91 Å². The molecule has 1 fully saturated rings. The van der Waals surface area contributed by atoms with Crippen LogP contribution in [0, 0.1) is 6.92 Å². The van der Waals surface area contributed by atoms with Crippen LogP contribution in [0.2, 0.25) is 0 Å². The fourth-order valence-electron chi connectivity index (χ4n) is 3.71. The van der Waals surface area contributed by atoms with Crippen molar-refractivity contribution in [3.63, 3.8) is 0 Å². The van der Waals surface area contributed by atoms with Crippen LogP contribution < -0.4 is 15.4 Å². The average Bonchev–Trinajstić information content (AvgIpc) is 3.14. The normalized spacial score (nSPS) is 14.3. The van der Waals surface area contributed by atoms with Crippen molar-refractivity contribution < 1.29 is 9.53 Å². The Kier molecular flexibility index (Phi) is 7.93. The Labute approximate surface area is 185 Å². The summed E-state index contributed by atoms with van der Waals surface area (Å²) in [4.78, 5) is 18.3. The first-order valence-electron chi connectivity index (χ1n) is 11.0. The number of carbonyl (C=O) groups is 1. The van der Waals surface area contributed by atoms with Gasteiger partial charge in [-0.1, -0.05) is 36.4 Å². The molecule has 6 heteroatoms. The largest absolute Gasteiger partial charge is 0.491 e. The summed E-state index contributed by atoms with van der Waals surface area (Å²) >= 11 is 0. The maximum atomic E-state index is 12.0. The number of aliphatic imine (C=N–C) groups is 1. The second-order valence-corrected chi connectivity index (χ2v) is 8.24. The molecule has 0 bridgehead atoms. The second-order valence-electron chi connectivity index (χ2n) is 8.24. The summed E-state index contributed by atoms with van der Waals surface area (Å²) in [6.07, 6.45) is 1.74. The van der Waals surface area contributed by atoms with Gasteiger partial charge in [-0.05, 0) is 49.9 Å². The highest BCUT2D eigenvalue weighted by atomic mass is 16.5. The molecule has 1 aliphatic rings. The van der Waals surface area contributed by atoms with Gasteiger partial charge in [-0.15, -0.1) is 0 Å². The van der Waals surface area contributed by atoms with Gasteiger partial charge >= 0.3 is 0 Å². The van der Waals surface area contributed by atoms with Crippen LogP contribution in [0.1, 0.15) is 48.9 Å². The third-order valence-electron chi connectivity index (χ3n) is 5.35. The van der Waals surface area contributed by atoms with Crippen LogP contribution in [0.3, 0.4) is 0 Å². The lowest BCUT2D eigenvalue weighted by Gasteiger charge is -2.19. The van der Waals surface area contributed by atoms with Gasteiger partial charge in [0.05, 0.1) is 6.10 Å². The predicted octanol–water partition coefficient (Wildman–Crippen LogP) is 3.77. The Morgan fingerprint density at radius 2 is 1.81 bits per heavy atom. The van der Waals surface area contributed by atoms with E-state index in [4.69, 9.17) is 4.74 Å². The van der Waals surface area contributed by atoms with Crippen LogP contribution in [0.25, 0.3) is 0 Å². The summed E-state index contributed by atoms with van der Waals surface area (Å²) in [5, 5.41) is 6.78. The summed E-state index contributed by atoms with van der Waals surface area (Å²) in [6, 6.07) is 14.5. The van der Waals surface area contributed by atoms with Gasteiger partial charge < -0.3 is 20.3 Å². The molecule has 1 heterocycles. The number of amides is 1. The summed E-state index contributed by atoms with van der Waals surface area (Å²) in [5.41, 5.74) is 4.61. The lowest BCUT2D eigenvalue weighted by atomic mass is 10.1. The molecular formula is C25H34N4O2. The first-order chi connectivity index (χ1) is 15.0. The van der Waals surface area contributed by atoms with Gasteiger partial charge in [-0.25, -0.2) is 0 Å². The first-order valence-corrected chi connectivity index (χ1v) is 11.0. The predicted molar refractivity (Wildman–Crippen MR) is 125 cm³/mol. The number of nitrogens with one attached hydrogen (secondary N) is 2. The number of guanidine groups is 1. The van der Waals surface area contributed by atoms with Crippen molar-refractivity contribution in [2.75, 3.05) is 13.6 Å². The van der Waals surface area contributed by atoms with Gasteiger partial charge in [-0.3, -0.25) is 9.79 Å². The summed E-state index contributed by atoms with van der Waals surface area (Å²) < 4.78 is 5.98. The highest BCUT2D eigenvalue weighted by molar-refractivity contribution is 5.80. The van der Waals surface area contributed by atoms with E-state index in [1.54, 1.807) is 7.05 Å². The highest BCUT2D eigenvalue weighted by Gasteiger charge is 2.20. The standard InChI is InChI=1S/C25H34N4O2/c1-18(2)31-23-14-19(3)11-12-21(23)16-28-25(26-4)27-15-20-8-5-6-9-22(20)17-29-13-7-10-24(29)30/h5-6,8-9,11-12,14,18H,7,10,13,15-17H2,1-4H3,(H2,26,27,28). The molecule has 2 N–H and O–H groups in total. The molecule has 1 aliphatic heterocycles. The topological polar surface area (TPSA) is 66.0 Å². The monoisotopic (exact) mass is 422 g/mol. The van der Waals surface area contributed by atoms with Gasteiger partial charge in [0.15, 0.2) is 5.96 Å². The molecular weight excluding hydrogens is 388 g/mol. The molecule has 31 heavy (non-hydrogen) atoms. The van der Waals surface area contributed by atoms with Crippen LogP contribution >= 0.6 is 0 Å². The summed E-state index contributed by atoms with van der Waals surface area (Å²) in [5.74, 6) is 1.87. The van der Waals surface area contributed by atoms with E-state index < -0.39 is 0 Å². The van der Waals surface area contributed by atoms with Crippen LogP contribution in [0.5, 0.6) is 5.75 Å². The Morgan fingerprint density at radius 1 is 1.10 bits per heavy atom. The number of benzene rings is 2. The van der Waals surface area contributed by atoms with Crippen LogP contribution in [0.4, 0.5) is 0 Å². The smallest absolute Gasteiger partial charge is 0.222 e. The van der Waals surface area contributed by atoms with Crippen molar-refractivity contribution in [1.29, 1.82) is 0 Å². The Balaban J connectivity index is 1.60. The molecule has 2 aromatic carbocycles. The number of ether oxygens (including phenoxy) is 1. The van der Waals surface area contributed by atoms with Crippen molar-refractivity contribution >= 4 is 11.9 Å². The number of nitrogens with zero attached hydrogens (tertiary/aromatic N) is 2. The van der Waals surface area contributed by atoms with Gasteiger partial charge in [0, 0.05) is 45.2 Å². The van der Waals surface area contributed by atoms with E-state index in [2.05, 4.69) is 52.9 Å². The molecule has 0 atom stereocenters. The highest BCUT2D eigenvalue weighted by Crippen LogP contribution is 2.22. The molecule has 0 saturated carbocycles. The minimum Gasteiger partial charge on any atom is -0.491 e. The molecule has 0 aromatic heterocycles.